The number of carboxylic acids is 1. The summed E-state index contributed by atoms with van der Waals surface area (Å²) in [6.45, 7) is 7.67. The van der Waals surface area contributed by atoms with Crippen LogP contribution in [0.5, 0.6) is 5.75 Å². The van der Waals surface area contributed by atoms with E-state index < -0.39 is 5.97 Å². The zero-order chi connectivity index (χ0) is 18.2. The number of hydrogen-bond donors (Lipinski definition) is 1. The molecule has 1 N–H and O–H groups in total. The summed E-state index contributed by atoms with van der Waals surface area (Å²) in [4.78, 5) is 10.7. The van der Waals surface area contributed by atoms with Crippen molar-refractivity contribution in [1.29, 1.82) is 0 Å². The first-order chi connectivity index (χ1) is 12.0. The number of carbonyl (C=O) groups is 1. The van der Waals surface area contributed by atoms with Crippen LogP contribution < -0.4 is 4.74 Å². The Balaban J connectivity index is 1.82. The SMILES string of the molecule is CCn1c(CCCOc2ccc(C(C)C)cc2)nnc1SCC(=O)O. The number of carboxylic acid groups (broad SMARTS) is 1. The lowest BCUT2D eigenvalue weighted by Crippen LogP contribution is -2.07. The van der Waals surface area contributed by atoms with Crippen molar-refractivity contribution in [2.45, 2.75) is 51.2 Å². The van der Waals surface area contributed by atoms with Gasteiger partial charge >= 0.3 is 5.97 Å². The Morgan fingerprint density at radius 3 is 2.60 bits per heavy atom. The number of hydrogen-bond acceptors (Lipinski definition) is 5. The molecule has 0 radical (unpaired) electrons. The van der Waals surface area contributed by atoms with Gasteiger partial charge in [0.1, 0.15) is 11.6 Å². The minimum atomic E-state index is -0.853. The molecule has 0 spiro atoms. The number of aromatic nitrogens is 3. The van der Waals surface area contributed by atoms with Crippen molar-refractivity contribution in [3.63, 3.8) is 0 Å². The Labute approximate surface area is 152 Å². The van der Waals surface area contributed by atoms with Gasteiger partial charge in [0.2, 0.25) is 0 Å². The van der Waals surface area contributed by atoms with E-state index in [0.717, 1.165) is 31.0 Å². The first-order valence-corrected chi connectivity index (χ1v) is 9.49. The van der Waals surface area contributed by atoms with E-state index in [9.17, 15) is 4.79 Å². The average Bonchev–Trinajstić information content (AvgIpc) is 2.99. The second kappa shape index (κ2) is 9.46. The summed E-state index contributed by atoms with van der Waals surface area (Å²) in [7, 11) is 0. The van der Waals surface area contributed by atoms with Crippen molar-refractivity contribution in [3.8, 4) is 5.75 Å². The van der Waals surface area contributed by atoms with Crippen LogP contribution in [0, 0.1) is 0 Å². The van der Waals surface area contributed by atoms with E-state index >= 15 is 0 Å². The second-order valence-electron chi connectivity index (χ2n) is 6.00. The predicted molar refractivity (Wildman–Crippen MR) is 98.4 cm³/mol. The minimum Gasteiger partial charge on any atom is -0.494 e. The van der Waals surface area contributed by atoms with E-state index in [1.54, 1.807) is 0 Å². The van der Waals surface area contributed by atoms with Crippen LogP contribution in [0.3, 0.4) is 0 Å². The molecule has 136 valence electrons. The van der Waals surface area contributed by atoms with E-state index in [2.05, 4.69) is 36.2 Å². The summed E-state index contributed by atoms with van der Waals surface area (Å²) in [5, 5.41) is 17.7. The van der Waals surface area contributed by atoms with Crippen LogP contribution in [-0.2, 0) is 17.8 Å². The van der Waals surface area contributed by atoms with E-state index in [1.165, 1.54) is 17.3 Å². The largest absolute Gasteiger partial charge is 0.494 e. The maximum atomic E-state index is 10.7. The zero-order valence-corrected chi connectivity index (χ0v) is 15.8. The number of rotatable bonds is 10. The average molecular weight is 363 g/mol. The van der Waals surface area contributed by atoms with Gasteiger partial charge < -0.3 is 14.4 Å². The molecule has 7 heteroatoms. The van der Waals surface area contributed by atoms with Crippen LogP contribution in [0.2, 0.25) is 0 Å². The third-order valence-electron chi connectivity index (χ3n) is 3.79. The smallest absolute Gasteiger partial charge is 0.313 e. The highest BCUT2D eigenvalue weighted by Gasteiger charge is 2.12. The van der Waals surface area contributed by atoms with Crippen LogP contribution in [-0.4, -0.2) is 38.2 Å². The Bertz CT molecular complexity index is 683. The summed E-state index contributed by atoms with van der Waals surface area (Å²) in [5.74, 6) is 1.40. The minimum absolute atomic E-state index is 0.00633. The number of thioether (sulfide) groups is 1. The van der Waals surface area contributed by atoms with Crippen molar-refractivity contribution >= 4 is 17.7 Å². The normalized spacial score (nSPS) is 11.0. The lowest BCUT2D eigenvalue weighted by molar-refractivity contribution is -0.133. The molecule has 0 atom stereocenters. The summed E-state index contributed by atoms with van der Waals surface area (Å²) >= 11 is 1.20. The summed E-state index contributed by atoms with van der Waals surface area (Å²) in [6.07, 6.45) is 1.58. The third kappa shape index (κ3) is 5.77. The summed E-state index contributed by atoms with van der Waals surface area (Å²) in [6, 6.07) is 8.20. The van der Waals surface area contributed by atoms with Crippen molar-refractivity contribution < 1.29 is 14.6 Å². The number of aliphatic carboxylic acids is 1. The lowest BCUT2D eigenvalue weighted by atomic mass is 10.0. The summed E-state index contributed by atoms with van der Waals surface area (Å²) < 4.78 is 7.74. The van der Waals surface area contributed by atoms with Crippen LogP contribution in [0.1, 0.15) is 44.5 Å². The Morgan fingerprint density at radius 2 is 2.00 bits per heavy atom. The molecule has 0 aliphatic carbocycles. The van der Waals surface area contributed by atoms with E-state index in [0.29, 0.717) is 17.7 Å². The maximum absolute atomic E-state index is 10.7. The zero-order valence-electron chi connectivity index (χ0n) is 14.9. The van der Waals surface area contributed by atoms with Gasteiger partial charge in [-0.15, -0.1) is 10.2 Å². The van der Waals surface area contributed by atoms with Crippen molar-refractivity contribution in [2.24, 2.45) is 0 Å². The Hall–Kier alpha value is -2.02. The number of aryl methyl sites for hydroxylation is 1. The highest BCUT2D eigenvalue weighted by molar-refractivity contribution is 7.99. The molecule has 0 unspecified atom stereocenters. The number of nitrogens with zero attached hydrogens (tertiary/aromatic N) is 3. The summed E-state index contributed by atoms with van der Waals surface area (Å²) in [5.41, 5.74) is 1.30. The molecule has 25 heavy (non-hydrogen) atoms. The van der Waals surface area contributed by atoms with Crippen LogP contribution >= 0.6 is 11.8 Å². The van der Waals surface area contributed by atoms with Gasteiger partial charge in [-0.1, -0.05) is 37.7 Å². The van der Waals surface area contributed by atoms with Gasteiger partial charge in [0.15, 0.2) is 5.16 Å². The molecule has 0 fully saturated rings. The van der Waals surface area contributed by atoms with Crippen molar-refractivity contribution in [3.05, 3.63) is 35.7 Å². The molecule has 6 nitrogen and oxygen atoms in total. The maximum Gasteiger partial charge on any atom is 0.313 e. The fraction of sp³-hybridized carbons (Fsp3) is 0.500. The Morgan fingerprint density at radius 1 is 1.28 bits per heavy atom. The van der Waals surface area contributed by atoms with E-state index in [1.807, 2.05) is 23.6 Å². The molecule has 1 aromatic heterocycles. The fourth-order valence-corrected chi connectivity index (χ4v) is 3.17. The van der Waals surface area contributed by atoms with Crippen LogP contribution in [0.25, 0.3) is 0 Å². The van der Waals surface area contributed by atoms with Gasteiger partial charge in [-0.3, -0.25) is 4.79 Å². The van der Waals surface area contributed by atoms with Crippen LogP contribution in [0.4, 0.5) is 0 Å². The monoisotopic (exact) mass is 363 g/mol. The molecule has 0 saturated heterocycles. The molecule has 2 aromatic rings. The van der Waals surface area contributed by atoms with Crippen LogP contribution in [0.15, 0.2) is 29.4 Å². The van der Waals surface area contributed by atoms with Gasteiger partial charge in [-0.2, -0.15) is 0 Å². The topological polar surface area (TPSA) is 77.2 Å². The third-order valence-corrected chi connectivity index (χ3v) is 4.75. The standard InChI is InChI=1S/C18H25N3O3S/c1-4-21-16(19-20-18(21)25-12-17(22)23)6-5-11-24-15-9-7-14(8-10-15)13(2)3/h7-10,13H,4-6,11-12H2,1-3H3,(H,22,23). The molecule has 0 bridgehead atoms. The van der Waals surface area contributed by atoms with Gasteiger partial charge in [0.25, 0.3) is 0 Å². The molecule has 0 amide bonds. The fourth-order valence-electron chi connectivity index (χ4n) is 2.42. The molecular formula is C18H25N3O3S. The second-order valence-corrected chi connectivity index (χ2v) is 6.94. The molecule has 0 saturated carbocycles. The predicted octanol–water partition coefficient (Wildman–Crippen LogP) is 3.61. The molecule has 0 aliphatic heterocycles. The highest BCUT2D eigenvalue weighted by Crippen LogP contribution is 2.20. The van der Waals surface area contributed by atoms with E-state index in [4.69, 9.17) is 9.84 Å². The first kappa shape index (κ1) is 19.3. The van der Waals surface area contributed by atoms with Gasteiger partial charge in [-0.05, 0) is 37.0 Å². The number of ether oxygens (including phenoxy) is 1. The van der Waals surface area contributed by atoms with Gasteiger partial charge in [0, 0.05) is 13.0 Å². The van der Waals surface area contributed by atoms with Gasteiger partial charge in [-0.25, -0.2) is 0 Å². The lowest BCUT2D eigenvalue weighted by Gasteiger charge is -2.09. The van der Waals surface area contributed by atoms with Crippen molar-refractivity contribution in [2.75, 3.05) is 12.4 Å². The molecule has 2 rings (SSSR count). The molecule has 0 aliphatic rings. The van der Waals surface area contributed by atoms with Gasteiger partial charge in [0.05, 0.1) is 12.4 Å². The van der Waals surface area contributed by atoms with E-state index in [-0.39, 0.29) is 5.75 Å². The molecular weight excluding hydrogens is 338 g/mol. The quantitative estimate of drug-likeness (QED) is 0.513. The first-order valence-electron chi connectivity index (χ1n) is 8.50. The molecule has 1 heterocycles. The highest BCUT2D eigenvalue weighted by atomic mass is 32.2. The Kier molecular flexibility index (Phi) is 7.31. The molecule has 1 aromatic carbocycles. The van der Waals surface area contributed by atoms with Crippen molar-refractivity contribution in [1.82, 2.24) is 14.8 Å². The number of benzene rings is 1.